The van der Waals surface area contributed by atoms with Gasteiger partial charge in [0.25, 0.3) is 0 Å². The number of pyridine rings is 1. The van der Waals surface area contributed by atoms with Crippen molar-refractivity contribution in [3.8, 4) is 5.69 Å². The highest BCUT2D eigenvalue weighted by molar-refractivity contribution is 6.17. The van der Waals surface area contributed by atoms with Crippen LogP contribution in [0, 0.1) is 6.92 Å². The van der Waals surface area contributed by atoms with Crippen LogP contribution in [0.1, 0.15) is 24.0 Å². The van der Waals surface area contributed by atoms with Gasteiger partial charge in [-0.25, -0.2) is 9.97 Å². The van der Waals surface area contributed by atoms with Gasteiger partial charge in [0.2, 0.25) is 0 Å². The summed E-state index contributed by atoms with van der Waals surface area (Å²) < 4.78 is 2.16. The molecular formula is C17H18ClN3. The van der Waals surface area contributed by atoms with E-state index in [1.807, 2.05) is 19.1 Å². The Morgan fingerprint density at radius 3 is 2.67 bits per heavy atom. The summed E-state index contributed by atoms with van der Waals surface area (Å²) in [5.74, 6) is 1.52. The largest absolute Gasteiger partial charge is 0.280 e. The van der Waals surface area contributed by atoms with Crippen molar-refractivity contribution in [1.82, 2.24) is 14.5 Å². The smallest absolute Gasteiger partial charge is 0.164 e. The van der Waals surface area contributed by atoms with Crippen molar-refractivity contribution in [1.29, 1.82) is 0 Å². The first kappa shape index (κ1) is 14.1. The Morgan fingerprint density at radius 1 is 1.10 bits per heavy atom. The lowest BCUT2D eigenvalue weighted by Crippen LogP contribution is -2.06. The summed E-state index contributed by atoms with van der Waals surface area (Å²) in [6.07, 6.45) is 1.71. The molecule has 3 rings (SSSR count). The Kier molecular flexibility index (Phi) is 3.93. The summed E-state index contributed by atoms with van der Waals surface area (Å²) in [7, 11) is 0. The molecular weight excluding hydrogens is 282 g/mol. The Morgan fingerprint density at radius 2 is 1.90 bits per heavy atom. The fourth-order valence-corrected chi connectivity index (χ4v) is 2.80. The zero-order valence-corrected chi connectivity index (χ0v) is 13.1. The normalized spacial score (nSPS) is 11.2. The number of benzene rings is 1. The minimum atomic E-state index is 0.552. The van der Waals surface area contributed by atoms with Gasteiger partial charge < -0.3 is 0 Å². The van der Waals surface area contributed by atoms with Gasteiger partial charge in [-0.1, -0.05) is 25.1 Å². The highest BCUT2D eigenvalue weighted by atomic mass is 35.5. The number of halogens is 1. The third-order valence-electron chi connectivity index (χ3n) is 3.64. The summed E-state index contributed by atoms with van der Waals surface area (Å²) in [4.78, 5) is 9.40. The molecule has 108 valence electrons. The lowest BCUT2D eigenvalue weighted by molar-refractivity contribution is 0.891. The molecule has 2 aromatic heterocycles. The summed E-state index contributed by atoms with van der Waals surface area (Å²) in [5, 5.41) is 0. The number of para-hydroxylation sites is 1. The van der Waals surface area contributed by atoms with Gasteiger partial charge >= 0.3 is 0 Å². The van der Waals surface area contributed by atoms with E-state index in [2.05, 4.69) is 40.7 Å². The molecule has 2 heterocycles. The average Bonchev–Trinajstić information content (AvgIpc) is 2.84. The van der Waals surface area contributed by atoms with Crippen molar-refractivity contribution in [2.24, 2.45) is 0 Å². The average molecular weight is 300 g/mol. The van der Waals surface area contributed by atoms with Crippen LogP contribution in [0.3, 0.4) is 0 Å². The molecule has 1 aromatic carbocycles. The first-order valence-electron chi connectivity index (χ1n) is 7.23. The van der Waals surface area contributed by atoms with Gasteiger partial charge in [-0.05, 0) is 37.1 Å². The lowest BCUT2D eigenvalue weighted by atomic mass is 10.1. The minimum Gasteiger partial charge on any atom is -0.280 e. The summed E-state index contributed by atoms with van der Waals surface area (Å²) in [6.45, 7) is 4.17. The number of hydrogen-bond donors (Lipinski definition) is 0. The SMILES string of the molecule is CCc1ccccc1-n1c(CCCl)nc2ccc(C)nc21. The van der Waals surface area contributed by atoms with E-state index >= 15 is 0 Å². The number of nitrogens with zero attached hydrogens (tertiary/aromatic N) is 3. The third-order valence-corrected chi connectivity index (χ3v) is 3.83. The molecule has 21 heavy (non-hydrogen) atoms. The van der Waals surface area contributed by atoms with Crippen LogP contribution >= 0.6 is 11.6 Å². The summed E-state index contributed by atoms with van der Waals surface area (Å²) in [6, 6.07) is 12.4. The molecule has 0 unspecified atom stereocenters. The number of aryl methyl sites for hydroxylation is 3. The van der Waals surface area contributed by atoms with E-state index in [0.717, 1.165) is 41.2 Å². The quantitative estimate of drug-likeness (QED) is 0.680. The second-order valence-electron chi connectivity index (χ2n) is 5.08. The lowest BCUT2D eigenvalue weighted by Gasteiger charge is -2.12. The fourth-order valence-electron chi connectivity index (χ4n) is 2.63. The molecule has 0 bridgehead atoms. The monoisotopic (exact) mass is 299 g/mol. The van der Waals surface area contributed by atoms with E-state index < -0.39 is 0 Å². The van der Waals surface area contributed by atoms with Crippen molar-refractivity contribution in [3.63, 3.8) is 0 Å². The standard InChI is InChI=1S/C17H18ClN3/c1-3-13-6-4-5-7-15(13)21-16(10-11-18)20-14-9-8-12(2)19-17(14)21/h4-9H,3,10-11H2,1-2H3. The van der Waals surface area contributed by atoms with Gasteiger partial charge in [0.05, 0.1) is 5.69 Å². The molecule has 0 N–H and O–H groups in total. The molecule has 3 aromatic rings. The van der Waals surface area contributed by atoms with Crippen LogP contribution in [-0.2, 0) is 12.8 Å². The van der Waals surface area contributed by atoms with Gasteiger partial charge in [0, 0.05) is 18.0 Å². The zero-order valence-electron chi connectivity index (χ0n) is 12.3. The zero-order chi connectivity index (χ0) is 14.8. The van der Waals surface area contributed by atoms with Gasteiger partial charge in [0.15, 0.2) is 5.65 Å². The van der Waals surface area contributed by atoms with E-state index in [1.165, 1.54) is 5.56 Å². The molecule has 0 radical (unpaired) electrons. The summed E-state index contributed by atoms with van der Waals surface area (Å²) in [5.41, 5.74) is 5.27. The summed E-state index contributed by atoms with van der Waals surface area (Å²) >= 11 is 5.95. The van der Waals surface area contributed by atoms with E-state index in [1.54, 1.807) is 0 Å². The molecule has 0 fully saturated rings. The third kappa shape index (κ3) is 2.54. The van der Waals surface area contributed by atoms with Crippen LogP contribution in [0.4, 0.5) is 0 Å². The van der Waals surface area contributed by atoms with Gasteiger partial charge in [0.1, 0.15) is 11.3 Å². The predicted molar refractivity (Wildman–Crippen MR) is 87.4 cm³/mol. The van der Waals surface area contributed by atoms with Crippen molar-refractivity contribution >= 4 is 22.8 Å². The van der Waals surface area contributed by atoms with Crippen molar-refractivity contribution in [2.75, 3.05) is 5.88 Å². The van der Waals surface area contributed by atoms with Crippen LogP contribution in [0.15, 0.2) is 36.4 Å². The Hall–Kier alpha value is -1.87. The Labute approximate surface area is 129 Å². The van der Waals surface area contributed by atoms with Gasteiger partial charge in [-0.2, -0.15) is 0 Å². The van der Waals surface area contributed by atoms with Crippen LogP contribution in [0.2, 0.25) is 0 Å². The van der Waals surface area contributed by atoms with E-state index in [-0.39, 0.29) is 0 Å². The molecule has 0 saturated carbocycles. The van der Waals surface area contributed by atoms with Crippen molar-refractivity contribution < 1.29 is 0 Å². The van der Waals surface area contributed by atoms with Crippen LogP contribution in [-0.4, -0.2) is 20.4 Å². The molecule has 4 heteroatoms. The minimum absolute atomic E-state index is 0.552. The first-order chi connectivity index (χ1) is 10.2. The number of hydrogen-bond acceptors (Lipinski definition) is 2. The maximum atomic E-state index is 5.95. The molecule has 0 atom stereocenters. The van der Waals surface area contributed by atoms with Crippen molar-refractivity contribution in [3.05, 3.63) is 53.5 Å². The van der Waals surface area contributed by atoms with Crippen LogP contribution in [0.5, 0.6) is 0 Å². The topological polar surface area (TPSA) is 30.7 Å². The highest BCUT2D eigenvalue weighted by Gasteiger charge is 2.15. The molecule has 0 aliphatic carbocycles. The van der Waals surface area contributed by atoms with E-state index in [4.69, 9.17) is 16.6 Å². The Bertz CT molecular complexity index is 777. The molecule has 0 aliphatic rings. The molecule has 0 spiro atoms. The van der Waals surface area contributed by atoms with Crippen LogP contribution in [0.25, 0.3) is 16.9 Å². The maximum absolute atomic E-state index is 5.95. The first-order valence-corrected chi connectivity index (χ1v) is 7.77. The van der Waals surface area contributed by atoms with E-state index in [9.17, 15) is 0 Å². The Balaban J connectivity index is 2.32. The number of aromatic nitrogens is 3. The molecule has 0 aliphatic heterocycles. The highest BCUT2D eigenvalue weighted by Crippen LogP contribution is 2.24. The molecule has 3 nitrogen and oxygen atoms in total. The van der Waals surface area contributed by atoms with Crippen molar-refractivity contribution in [2.45, 2.75) is 26.7 Å². The second kappa shape index (κ2) is 5.86. The van der Waals surface area contributed by atoms with E-state index in [0.29, 0.717) is 5.88 Å². The van der Waals surface area contributed by atoms with Crippen LogP contribution < -0.4 is 0 Å². The number of fused-ring (bicyclic) bond motifs is 1. The number of alkyl halides is 1. The number of imidazole rings is 1. The predicted octanol–water partition coefficient (Wildman–Crippen LogP) is 4.07. The maximum Gasteiger partial charge on any atom is 0.164 e. The molecule has 0 amide bonds. The fraction of sp³-hybridized carbons (Fsp3) is 0.294. The second-order valence-corrected chi connectivity index (χ2v) is 5.46. The van der Waals surface area contributed by atoms with Gasteiger partial charge in [-0.3, -0.25) is 4.57 Å². The van der Waals surface area contributed by atoms with Gasteiger partial charge in [-0.15, -0.1) is 11.6 Å². The molecule has 0 saturated heterocycles. The number of rotatable bonds is 4.